The van der Waals surface area contributed by atoms with Gasteiger partial charge in [0.25, 0.3) is 0 Å². The van der Waals surface area contributed by atoms with Gasteiger partial charge in [-0.15, -0.1) is 11.3 Å². The fourth-order valence-electron chi connectivity index (χ4n) is 2.80. The summed E-state index contributed by atoms with van der Waals surface area (Å²) in [5, 5.41) is 5.67. The van der Waals surface area contributed by atoms with Gasteiger partial charge in [-0.2, -0.15) is 0 Å². The van der Waals surface area contributed by atoms with Crippen LogP contribution in [-0.4, -0.2) is 36.1 Å². The van der Waals surface area contributed by atoms with Crippen molar-refractivity contribution in [2.75, 3.05) is 26.2 Å². The van der Waals surface area contributed by atoms with Crippen molar-refractivity contribution in [3.8, 4) is 0 Å². The van der Waals surface area contributed by atoms with Gasteiger partial charge in [0.2, 0.25) is 0 Å². The van der Waals surface area contributed by atoms with Gasteiger partial charge in [-0.05, 0) is 37.9 Å². The molecule has 2 atom stereocenters. The lowest BCUT2D eigenvalue weighted by Crippen LogP contribution is -2.39. The van der Waals surface area contributed by atoms with Gasteiger partial charge in [0.1, 0.15) is 0 Å². The molecule has 0 radical (unpaired) electrons. The summed E-state index contributed by atoms with van der Waals surface area (Å²) in [7, 11) is 0. The normalized spacial score (nSPS) is 31.7. The molecule has 2 aliphatic rings. The largest absolute Gasteiger partial charge is 0.316 e. The summed E-state index contributed by atoms with van der Waals surface area (Å²) >= 11 is 1.70. The summed E-state index contributed by atoms with van der Waals surface area (Å²) in [6.45, 7) is 6.02. The molecule has 1 aromatic heterocycles. The molecule has 3 nitrogen and oxygen atoms in total. The van der Waals surface area contributed by atoms with Crippen LogP contribution in [0.1, 0.15) is 12.1 Å². The second-order valence-electron chi connectivity index (χ2n) is 4.68. The monoisotopic (exact) mass is 223 g/mol. The van der Waals surface area contributed by atoms with Gasteiger partial charge in [0.15, 0.2) is 0 Å². The molecule has 0 aliphatic carbocycles. The number of nitrogens with one attached hydrogen (secondary N) is 1. The number of rotatable bonds is 2. The molecule has 3 heterocycles. The molecule has 2 fully saturated rings. The first-order chi connectivity index (χ1) is 7.42. The molecule has 4 heteroatoms. The van der Waals surface area contributed by atoms with Crippen molar-refractivity contribution in [3.63, 3.8) is 0 Å². The average molecular weight is 223 g/mol. The van der Waals surface area contributed by atoms with Crippen molar-refractivity contribution in [3.05, 3.63) is 16.6 Å². The number of thiazole rings is 1. The van der Waals surface area contributed by atoms with Crippen molar-refractivity contribution in [2.24, 2.45) is 11.8 Å². The molecule has 0 saturated carbocycles. The smallest absolute Gasteiger partial charge is 0.0795 e. The highest BCUT2D eigenvalue weighted by molar-refractivity contribution is 7.07. The zero-order chi connectivity index (χ0) is 10.1. The van der Waals surface area contributed by atoms with Gasteiger partial charge in [-0.25, -0.2) is 4.98 Å². The van der Waals surface area contributed by atoms with Crippen molar-refractivity contribution in [2.45, 2.75) is 13.0 Å². The first kappa shape index (κ1) is 9.75. The van der Waals surface area contributed by atoms with Crippen LogP contribution >= 0.6 is 11.3 Å². The molecule has 1 aromatic rings. The van der Waals surface area contributed by atoms with E-state index in [1.807, 2.05) is 5.51 Å². The minimum Gasteiger partial charge on any atom is -0.316 e. The number of likely N-dealkylation sites (tertiary alicyclic amines) is 1. The van der Waals surface area contributed by atoms with E-state index in [9.17, 15) is 0 Å². The van der Waals surface area contributed by atoms with E-state index in [1.54, 1.807) is 11.3 Å². The van der Waals surface area contributed by atoms with Gasteiger partial charge in [-0.1, -0.05) is 0 Å². The first-order valence-corrected chi connectivity index (χ1v) is 6.66. The Bertz CT molecular complexity index is 312. The van der Waals surface area contributed by atoms with Crippen LogP contribution in [0.5, 0.6) is 0 Å². The quantitative estimate of drug-likeness (QED) is 0.816. The number of fused-ring (bicyclic) bond motifs is 1. The lowest BCUT2D eigenvalue weighted by atomic mass is 9.89. The number of aromatic nitrogens is 1. The molecule has 2 aliphatic heterocycles. The first-order valence-electron chi connectivity index (χ1n) is 5.72. The molecular weight excluding hydrogens is 206 g/mol. The summed E-state index contributed by atoms with van der Waals surface area (Å²) in [5.74, 6) is 1.83. The Hall–Kier alpha value is -0.450. The van der Waals surface area contributed by atoms with Crippen molar-refractivity contribution in [1.82, 2.24) is 15.2 Å². The van der Waals surface area contributed by atoms with Crippen LogP contribution in [0.3, 0.4) is 0 Å². The number of piperidine rings is 1. The van der Waals surface area contributed by atoms with Crippen molar-refractivity contribution >= 4 is 11.3 Å². The van der Waals surface area contributed by atoms with Crippen molar-refractivity contribution in [1.29, 1.82) is 0 Å². The van der Waals surface area contributed by atoms with Crippen LogP contribution in [0.4, 0.5) is 0 Å². The maximum Gasteiger partial charge on any atom is 0.0795 e. The summed E-state index contributed by atoms with van der Waals surface area (Å²) in [6.07, 6.45) is 1.36. The number of hydrogen-bond acceptors (Lipinski definition) is 4. The Morgan fingerprint density at radius 2 is 2.40 bits per heavy atom. The number of nitrogens with zero attached hydrogens (tertiary/aromatic N) is 2. The highest BCUT2D eigenvalue weighted by Gasteiger charge is 2.32. The molecular formula is C11H17N3S. The highest BCUT2D eigenvalue weighted by atomic mass is 32.1. The predicted molar refractivity (Wildman–Crippen MR) is 61.9 cm³/mol. The molecule has 0 bridgehead atoms. The van der Waals surface area contributed by atoms with E-state index < -0.39 is 0 Å². The summed E-state index contributed by atoms with van der Waals surface area (Å²) in [4.78, 5) is 6.92. The van der Waals surface area contributed by atoms with E-state index in [0.717, 1.165) is 18.4 Å². The molecule has 82 valence electrons. The molecule has 3 rings (SSSR count). The van der Waals surface area contributed by atoms with E-state index in [0.29, 0.717) is 0 Å². The van der Waals surface area contributed by atoms with Gasteiger partial charge in [-0.3, -0.25) is 4.90 Å². The topological polar surface area (TPSA) is 28.2 Å². The van der Waals surface area contributed by atoms with Gasteiger partial charge < -0.3 is 5.32 Å². The van der Waals surface area contributed by atoms with Gasteiger partial charge >= 0.3 is 0 Å². The van der Waals surface area contributed by atoms with E-state index in [-0.39, 0.29) is 0 Å². The van der Waals surface area contributed by atoms with E-state index >= 15 is 0 Å². The average Bonchev–Trinajstić information content (AvgIpc) is 2.87. The maximum absolute atomic E-state index is 4.36. The molecule has 2 saturated heterocycles. The Morgan fingerprint density at radius 3 is 3.27 bits per heavy atom. The van der Waals surface area contributed by atoms with Crippen LogP contribution < -0.4 is 5.32 Å². The Morgan fingerprint density at radius 1 is 1.47 bits per heavy atom. The van der Waals surface area contributed by atoms with E-state index in [1.165, 1.54) is 38.3 Å². The van der Waals surface area contributed by atoms with Crippen LogP contribution in [0, 0.1) is 11.8 Å². The van der Waals surface area contributed by atoms with Crippen molar-refractivity contribution < 1.29 is 0 Å². The molecule has 0 spiro atoms. The molecule has 15 heavy (non-hydrogen) atoms. The minimum atomic E-state index is 0.886. The molecule has 2 unspecified atom stereocenters. The maximum atomic E-state index is 4.36. The van der Waals surface area contributed by atoms with Crippen LogP contribution in [0.2, 0.25) is 0 Å². The van der Waals surface area contributed by atoms with Crippen LogP contribution in [-0.2, 0) is 6.54 Å². The van der Waals surface area contributed by atoms with Gasteiger partial charge in [0.05, 0.1) is 11.2 Å². The molecule has 0 amide bonds. The SMILES string of the molecule is c1nc(CN2CCC3CNCC3C2)cs1. The molecule has 1 N–H and O–H groups in total. The fourth-order valence-corrected chi connectivity index (χ4v) is 3.35. The summed E-state index contributed by atoms with van der Waals surface area (Å²) in [5.41, 5.74) is 3.17. The second kappa shape index (κ2) is 4.20. The predicted octanol–water partition coefficient (Wildman–Crippen LogP) is 1.18. The lowest BCUT2D eigenvalue weighted by Gasteiger charge is -2.33. The standard InChI is InChI=1S/C11H17N3S/c1-2-14(6-11-7-15-8-13-11)5-10-4-12-3-9(1)10/h7-10,12H,1-6H2. The lowest BCUT2D eigenvalue weighted by molar-refractivity contribution is 0.141. The van der Waals surface area contributed by atoms with Crippen LogP contribution in [0.25, 0.3) is 0 Å². The Balaban J connectivity index is 1.59. The third-order valence-electron chi connectivity index (χ3n) is 3.66. The third-order valence-corrected chi connectivity index (χ3v) is 4.29. The summed E-state index contributed by atoms with van der Waals surface area (Å²) in [6, 6.07) is 0. The van der Waals surface area contributed by atoms with E-state index in [4.69, 9.17) is 0 Å². The Kier molecular flexibility index (Phi) is 2.73. The third kappa shape index (κ3) is 2.07. The highest BCUT2D eigenvalue weighted by Crippen LogP contribution is 2.27. The zero-order valence-corrected chi connectivity index (χ0v) is 9.67. The molecule has 0 aromatic carbocycles. The second-order valence-corrected chi connectivity index (χ2v) is 5.40. The zero-order valence-electron chi connectivity index (χ0n) is 8.85. The minimum absolute atomic E-state index is 0.886. The fraction of sp³-hybridized carbons (Fsp3) is 0.727. The Labute approximate surface area is 94.5 Å². The van der Waals surface area contributed by atoms with E-state index in [2.05, 4.69) is 20.6 Å². The van der Waals surface area contributed by atoms with Gasteiger partial charge in [0, 0.05) is 18.5 Å². The summed E-state index contributed by atoms with van der Waals surface area (Å²) < 4.78 is 0. The van der Waals surface area contributed by atoms with Crippen LogP contribution in [0.15, 0.2) is 10.9 Å². The number of hydrogen-bond donors (Lipinski definition) is 1.